The van der Waals surface area contributed by atoms with Crippen LogP contribution in [-0.2, 0) is 36.6 Å². The minimum atomic E-state index is -4.76. The van der Waals surface area contributed by atoms with E-state index in [1.807, 2.05) is 13.8 Å². The highest BCUT2D eigenvalue weighted by molar-refractivity contribution is 6.04. The zero-order valence-electron chi connectivity index (χ0n) is 41.7. The van der Waals surface area contributed by atoms with Gasteiger partial charge in [0.25, 0.3) is 5.91 Å². The Hall–Kier alpha value is -3.79. The third-order valence-electron chi connectivity index (χ3n) is 20.5. The molecule has 0 spiro atoms. The summed E-state index contributed by atoms with van der Waals surface area (Å²) >= 11 is 0. The number of fused-ring (bicyclic) bond motifs is 7. The van der Waals surface area contributed by atoms with Crippen LogP contribution in [0.4, 0.5) is 13.2 Å². The first-order chi connectivity index (χ1) is 31.6. The fraction of sp³-hybridized carbons (Fsp3) is 0.808. The third kappa shape index (κ3) is 7.51. The molecule has 2 amide bonds. The maximum atomic E-state index is 14.8. The van der Waals surface area contributed by atoms with Crippen LogP contribution in [0.2, 0.25) is 0 Å². The quantitative estimate of drug-likeness (QED) is 0.162. The number of esters is 1. The molecule has 0 bridgehead atoms. The normalized spacial score (nSPS) is 38.0. The van der Waals surface area contributed by atoms with Crippen molar-refractivity contribution in [1.82, 2.24) is 30.6 Å². The van der Waals surface area contributed by atoms with E-state index in [1.165, 1.54) is 0 Å². The number of ether oxygens (including phenoxy) is 1. The van der Waals surface area contributed by atoms with E-state index in [-0.39, 0.29) is 75.9 Å². The highest BCUT2D eigenvalue weighted by Crippen LogP contribution is 2.76. The Labute approximate surface area is 399 Å². The number of carboxylic acids is 1. The van der Waals surface area contributed by atoms with Gasteiger partial charge in [0.2, 0.25) is 5.91 Å². The largest absolute Gasteiger partial charge is 0.481 e. The van der Waals surface area contributed by atoms with Crippen molar-refractivity contribution in [2.24, 2.45) is 62.6 Å². The summed E-state index contributed by atoms with van der Waals surface area (Å²) in [5.74, 6) is -2.67. The van der Waals surface area contributed by atoms with Crippen molar-refractivity contribution in [2.45, 2.75) is 169 Å². The molecule has 6 saturated carbocycles. The molecule has 2 heterocycles. The van der Waals surface area contributed by atoms with Crippen molar-refractivity contribution in [1.29, 1.82) is 0 Å². The lowest BCUT2D eigenvalue weighted by Crippen LogP contribution is -2.68. The van der Waals surface area contributed by atoms with Gasteiger partial charge in [-0.1, -0.05) is 62.3 Å². The molecule has 68 heavy (non-hydrogen) atoms. The summed E-state index contributed by atoms with van der Waals surface area (Å²) in [6.45, 7) is 23.2. The standard InChI is InChI=1S/C52H75F3N6O7/c1-29(2)39-34(62)28-51(58-44(67)50(18-19-50)57-41(63)33-27-37(52(53,54)55)59-61(33)25-24-60-22-20-56-21-23-60)17-16-48(8)30(40(39)51)10-11-36-47(7)14-13-38(46(5,6)35(47)12-15-49(36,48)9)68-43(66)32-26-31(42(64)65)45(32,3)4/h27,29-32,35-36,38,56H,10-26,28H2,1-9H3,(H,57,63)(H,58,67)(H,64,65)/t30-,31+,32-,35+,36-,38+,47+,48-,49-,51-/m1/s1. The van der Waals surface area contributed by atoms with Crippen molar-refractivity contribution in [3.63, 3.8) is 0 Å². The molecular weight excluding hydrogens is 878 g/mol. The number of nitrogens with one attached hydrogen (secondary N) is 3. The van der Waals surface area contributed by atoms with Gasteiger partial charge in [-0.3, -0.25) is 33.6 Å². The number of amides is 2. The molecule has 4 N–H and O–H groups in total. The number of carboxylic acid groups (broad SMARTS) is 1. The molecule has 7 fully saturated rings. The molecule has 0 radical (unpaired) electrons. The number of alkyl halides is 3. The van der Waals surface area contributed by atoms with E-state index in [0.717, 1.165) is 93.0 Å². The zero-order chi connectivity index (χ0) is 49.4. The van der Waals surface area contributed by atoms with Gasteiger partial charge in [0, 0.05) is 50.6 Å². The molecule has 376 valence electrons. The number of piperazine rings is 1. The van der Waals surface area contributed by atoms with Gasteiger partial charge in [-0.2, -0.15) is 18.3 Å². The van der Waals surface area contributed by atoms with E-state index >= 15 is 0 Å². The first-order valence-corrected chi connectivity index (χ1v) is 25.6. The smallest absolute Gasteiger partial charge is 0.435 e. The molecule has 1 aromatic rings. The Morgan fingerprint density at radius 2 is 1.54 bits per heavy atom. The maximum Gasteiger partial charge on any atom is 0.435 e. The summed E-state index contributed by atoms with van der Waals surface area (Å²) in [5.41, 5.74) is -3.11. The van der Waals surface area contributed by atoms with Gasteiger partial charge in [0.15, 0.2) is 11.5 Å². The number of ketones is 1. The second-order valence-electron chi connectivity index (χ2n) is 24.8. The summed E-state index contributed by atoms with van der Waals surface area (Å²) < 4.78 is 49.5. The fourth-order valence-corrected chi connectivity index (χ4v) is 16.1. The number of hydrogen-bond acceptors (Lipinski definition) is 9. The van der Waals surface area contributed by atoms with Crippen LogP contribution in [0.25, 0.3) is 0 Å². The molecule has 13 nitrogen and oxygen atoms in total. The summed E-state index contributed by atoms with van der Waals surface area (Å²) in [5, 5.41) is 23.1. The Balaban J connectivity index is 0.938. The minimum Gasteiger partial charge on any atom is -0.481 e. The highest BCUT2D eigenvalue weighted by atomic mass is 19.4. The van der Waals surface area contributed by atoms with Crippen LogP contribution in [0.3, 0.4) is 0 Å². The van der Waals surface area contributed by atoms with Gasteiger partial charge in [-0.05, 0) is 127 Å². The number of rotatable bonds is 11. The number of aliphatic carboxylic acids is 1. The van der Waals surface area contributed by atoms with Gasteiger partial charge in [-0.15, -0.1) is 0 Å². The molecule has 1 aliphatic heterocycles. The number of Topliss-reactive ketones (excluding diaryl/α,β-unsaturated/α-hetero) is 1. The number of halogens is 3. The number of hydrogen-bond donors (Lipinski definition) is 4. The minimum absolute atomic E-state index is 0.0307. The van der Waals surface area contributed by atoms with Crippen LogP contribution in [0.15, 0.2) is 17.2 Å². The average molecular weight is 953 g/mol. The molecular formula is C52H75F3N6O7. The number of allylic oxidation sites excluding steroid dienone is 1. The van der Waals surface area contributed by atoms with Gasteiger partial charge in [-0.25, -0.2) is 0 Å². The van der Waals surface area contributed by atoms with Gasteiger partial charge in [0.05, 0.1) is 23.9 Å². The maximum absolute atomic E-state index is 14.8. The van der Waals surface area contributed by atoms with Crippen LogP contribution in [0.1, 0.15) is 156 Å². The SMILES string of the molecule is CC(C)C1=C2[C@H]3CC[C@@H]4[C@@]5(C)CC[C@H](OC(=O)[C@H]6C[C@@H](C(=O)O)C6(C)C)C(C)(C)[C@@H]5CC[C@@]4(C)[C@]3(C)CC[C@@]2(NC(=O)C2(NC(=O)c3cc(C(F)(F)F)nn3CCN3CCNCC3)CC2)CC1=O. The summed E-state index contributed by atoms with van der Waals surface area (Å²) in [4.78, 5) is 70.8. The molecule has 16 heteroatoms. The summed E-state index contributed by atoms with van der Waals surface area (Å²) in [6.07, 6.45) is 2.82. The lowest BCUT2D eigenvalue weighted by Gasteiger charge is -2.72. The molecule has 8 aliphatic rings. The van der Waals surface area contributed by atoms with Crippen molar-refractivity contribution in [2.75, 3.05) is 32.7 Å². The van der Waals surface area contributed by atoms with Gasteiger partial charge in [0.1, 0.15) is 17.3 Å². The lowest BCUT2D eigenvalue weighted by atomic mass is 9.33. The Morgan fingerprint density at radius 1 is 0.853 bits per heavy atom. The van der Waals surface area contributed by atoms with Gasteiger partial charge < -0.3 is 25.8 Å². The summed E-state index contributed by atoms with van der Waals surface area (Å²) in [6, 6.07) is 0.773. The zero-order valence-corrected chi connectivity index (χ0v) is 41.7. The monoisotopic (exact) mass is 953 g/mol. The van der Waals surface area contributed by atoms with Gasteiger partial charge >= 0.3 is 18.1 Å². The van der Waals surface area contributed by atoms with Crippen LogP contribution in [0.5, 0.6) is 0 Å². The number of carbonyl (C=O) groups excluding carboxylic acids is 4. The van der Waals surface area contributed by atoms with Crippen molar-refractivity contribution >= 4 is 29.5 Å². The number of nitrogens with zero attached hydrogens (tertiary/aromatic N) is 3. The van der Waals surface area contributed by atoms with E-state index in [9.17, 15) is 42.3 Å². The van der Waals surface area contributed by atoms with Crippen LogP contribution in [-0.4, -0.2) is 99.2 Å². The molecule has 1 aromatic heterocycles. The van der Waals surface area contributed by atoms with E-state index in [4.69, 9.17) is 4.74 Å². The fourth-order valence-electron chi connectivity index (χ4n) is 16.1. The first-order valence-electron chi connectivity index (χ1n) is 25.6. The molecule has 9 rings (SSSR count). The predicted molar refractivity (Wildman–Crippen MR) is 247 cm³/mol. The third-order valence-corrected chi connectivity index (χ3v) is 20.5. The van der Waals surface area contributed by atoms with Crippen molar-refractivity contribution < 1.29 is 47.0 Å². The second kappa shape index (κ2) is 16.4. The predicted octanol–water partition coefficient (Wildman–Crippen LogP) is 7.58. The lowest BCUT2D eigenvalue weighted by molar-refractivity contribution is -0.235. The van der Waals surface area contributed by atoms with Crippen molar-refractivity contribution in [3.8, 4) is 0 Å². The molecule has 1 saturated heterocycles. The molecule has 10 atom stereocenters. The van der Waals surface area contributed by atoms with Crippen LogP contribution < -0.4 is 16.0 Å². The Morgan fingerprint density at radius 3 is 2.16 bits per heavy atom. The van der Waals surface area contributed by atoms with E-state index < -0.39 is 58.0 Å². The number of aromatic nitrogens is 2. The first kappa shape index (κ1) is 49.2. The van der Waals surface area contributed by atoms with E-state index in [2.05, 4.69) is 74.4 Å². The molecule has 0 aromatic carbocycles. The van der Waals surface area contributed by atoms with Crippen molar-refractivity contribution in [3.05, 3.63) is 28.6 Å². The van der Waals surface area contributed by atoms with Crippen LogP contribution in [0, 0.1) is 62.6 Å². The average Bonchev–Trinajstić information content (AvgIpc) is 3.78. The second-order valence-corrected chi connectivity index (χ2v) is 24.8. The number of carbonyl (C=O) groups is 5. The van der Waals surface area contributed by atoms with E-state index in [0.29, 0.717) is 38.1 Å². The van der Waals surface area contributed by atoms with E-state index in [1.54, 1.807) is 0 Å². The summed E-state index contributed by atoms with van der Waals surface area (Å²) in [7, 11) is 0. The molecule has 7 aliphatic carbocycles. The molecule has 0 unspecified atom stereocenters. The highest BCUT2D eigenvalue weighted by Gasteiger charge is 2.71. The van der Waals surface area contributed by atoms with Crippen LogP contribution >= 0.6 is 0 Å². The Bertz CT molecular complexity index is 2300. The topological polar surface area (TPSA) is 172 Å². The Kier molecular flexibility index (Phi) is 11.9.